The van der Waals surface area contributed by atoms with Gasteiger partial charge in [0.15, 0.2) is 0 Å². The molecular formula is C13H9ClFN3O3. The summed E-state index contributed by atoms with van der Waals surface area (Å²) in [6, 6.07) is 5.19. The number of amides is 1. The van der Waals surface area contributed by atoms with Gasteiger partial charge in [0.1, 0.15) is 22.7 Å². The summed E-state index contributed by atoms with van der Waals surface area (Å²) < 4.78 is 13.4. The molecule has 0 aliphatic heterocycles. The number of anilines is 1. The van der Waals surface area contributed by atoms with E-state index in [0.29, 0.717) is 5.56 Å². The Morgan fingerprint density at radius 3 is 2.76 bits per heavy atom. The number of halogens is 2. The third-order valence-corrected chi connectivity index (χ3v) is 2.93. The minimum Gasteiger partial charge on any atom is -0.322 e. The number of hydrogen-bond acceptors (Lipinski definition) is 4. The molecule has 21 heavy (non-hydrogen) atoms. The molecular weight excluding hydrogens is 301 g/mol. The molecule has 0 bridgehead atoms. The number of aromatic nitrogens is 1. The minimum atomic E-state index is -0.769. The molecule has 1 heterocycles. The average molecular weight is 310 g/mol. The third kappa shape index (κ3) is 3.32. The van der Waals surface area contributed by atoms with E-state index >= 15 is 0 Å². The summed E-state index contributed by atoms with van der Waals surface area (Å²) in [7, 11) is 0. The Balaban J connectivity index is 2.34. The van der Waals surface area contributed by atoms with Crippen LogP contribution in [0.4, 0.5) is 15.8 Å². The van der Waals surface area contributed by atoms with E-state index in [1.807, 2.05) is 0 Å². The van der Waals surface area contributed by atoms with Crippen molar-refractivity contribution in [3.05, 3.63) is 62.7 Å². The number of hydrogen-bond donors (Lipinski definition) is 1. The minimum absolute atomic E-state index is 0.0548. The molecule has 8 heteroatoms. The number of rotatable bonds is 3. The van der Waals surface area contributed by atoms with Gasteiger partial charge >= 0.3 is 0 Å². The first-order chi connectivity index (χ1) is 9.88. The van der Waals surface area contributed by atoms with Crippen molar-refractivity contribution < 1.29 is 14.1 Å². The fraction of sp³-hybridized carbons (Fsp3) is 0.0769. The fourth-order valence-corrected chi connectivity index (χ4v) is 1.78. The number of nitro groups is 1. The molecule has 2 aromatic rings. The molecule has 1 aromatic heterocycles. The quantitative estimate of drug-likeness (QED) is 0.535. The van der Waals surface area contributed by atoms with E-state index in [2.05, 4.69) is 10.3 Å². The van der Waals surface area contributed by atoms with Crippen LogP contribution in [0.25, 0.3) is 0 Å². The van der Waals surface area contributed by atoms with Gasteiger partial charge in [-0.2, -0.15) is 0 Å². The van der Waals surface area contributed by atoms with Crippen molar-refractivity contribution in [3.63, 3.8) is 0 Å². The van der Waals surface area contributed by atoms with Crippen molar-refractivity contribution >= 4 is 28.9 Å². The van der Waals surface area contributed by atoms with Crippen LogP contribution in [-0.2, 0) is 0 Å². The first kappa shape index (κ1) is 14.9. The number of nitrogens with one attached hydrogen (secondary N) is 1. The number of benzene rings is 1. The molecule has 0 fully saturated rings. The van der Waals surface area contributed by atoms with E-state index in [-0.39, 0.29) is 16.4 Å². The average Bonchev–Trinajstić information content (AvgIpc) is 2.42. The van der Waals surface area contributed by atoms with Gasteiger partial charge in [0, 0.05) is 5.69 Å². The van der Waals surface area contributed by atoms with Crippen LogP contribution in [0.3, 0.4) is 0 Å². The van der Waals surface area contributed by atoms with Crippen molar-refractivity contribution in [2.75, 3.05) is 5.32 Å². The molecule has 108 valence electrons. The van der Waals surface area contributed by atoms with Gasteiger partial charge in [0.25, 0.3) is 11.6 Å². The highest BCUT2D eigenvalue weighted by Crippen LogP contribution is 2.22. The molecule has 1 aromatic carbocycles. The van der Waals surface area contributed by atoms with Crippen LogP contribution in [0, 0.1) is 22.9 Å². The molecule has 2 rings (SSSR count). The second kappa shape index (κ2) is 5.84. The van der Waals surface area contributed by atoms with Gasteiger partial charge in [-0.25, -0.2) is 9.37 Å². The van der Waals surface area contributed by atoms with Gasteiger partial charge in [-0.1, -0.05) is 17.7 Å². The highest BCUT2D eigenvalue weighted by Gasteiger charge is 2.21. The molecule has 1 N–H and O–H groups in total. The van der Waals surface area contributed by atoms with Crippen LogP contribution in [-0.4, -0.2) is 15.8 Å². The van der Waals surface area contributed by atoms with Crippen LogP contribution < -0.4 is 5.32 Å². The van der Waals surface area contributed by atoms with Crippen molar-refractivity contribution in [1.29, 1.82) is 0 Å². The van der Waals surface area contributed by atoms with Crippen molar-refractivity contribution in [1.82, 2.24) is 4.98 Å². The van der Waals surface area contributed by atoms with E-state index in [1.54, 1.807) is 6.92 Å². The highest BCUT2D eigenvalue weighted by atomic mass is 35.5. The Morgan fingerprint density at radius 1 is 1.43 bits per heavy atom. The topological polar surface area (TPSA) is 85.1 Å². The van der Waals surface area contributed by atoms with E-state index < -0.39 is 22.3 Å². The summed E-state index contributed by atoms with van der Waals surface area (Å²) in [5, 5.41) is 13.2. The molecule has 0 saturated heterocycles. The normalized spacial score (nSPS) is 10.2. The van der Waals surface area contributed by atoms with E-state index in [9.17, 15) is 19.3 Å². The monoisotopic (exact) mass is 309 g/mol. The number of carbonyl (C=O) groups excluding carboxylic acids is 1. The highest BCUT2D eigenvalue weighted by molar-refractivity contribution is 6.30. The smallest absolute Gasteiger partial charge is 0.300 e. The fourth-order valence-electron chi connectivity index (χ4n) is 1.62. The van der Waals surface area contributed by atoms with Crippen LogP contribution in [0.15, 0.2) is 30.5 Å². The third-order valence-electron chi connectivity index (χ3n) is 2.72. The van der Waals surface area contributed by atoms with E-state index in [4.69, 9.17) is 11.6 Å². The van der Waals surface area contributed by atoms with Gasteiger partial charge in [0.2, 0.25) is 0 Å². The zero-order valence-corrected chi connectivity index (χ0v) is 11.5. The van der Waals surface area contributed by atoms with Gasteiger partial charge in [-0.15, -0.1) is 0 Å². The molecule has 0 atom stereocenters. The maximum absolute atomic E-state index is 13.4. The molecule has 0 spiro atoms. The lowest BCUT2D eigenvalue weighted by molar-refractivity contribution is -0.385. The summed E-state index contributed by atoms with van der Waals surface area (Å²) in [4.78, 5) is 25.8. The molecule has 6 nitrogen and oxygen atoms in total. The predicted octanol–water partition coefficient (Wildman–Crippen LogP) is 3.34. The maximum atomic E-state index is 13.4. The second-order valence-corrected chi connectivity index (χ2v) is 4.59. The first-order valence-corrected chi connectivity index (χ1v) is 6.13. The van der Waals surface area contributed by atoms with E-state index in [1.165, 1.54) is 12.1 Å². The first-order valence-electron chi connectivity index (χ1n) is 5.76. The summed E-state index contributed by atoms with van der Waals surface area (Å²) in [5.74, 6) is -1.26. The van der Waals surface area contributed by atoms with Crippen molar-refractivity contribution in [3.8, 4) is 0 Å². The molecule has 1 amide bonds. The standard InChI is InChI=1S/C13H9ClFN3O3/c1-7-2-3-8(4-10(7)15)17-13(19)9-5-12(14)16-6-11(9)18(20)21/h2-6H,1H3,(H,17,19). The predicted molar refractivity (Wildman–Crippen MR) is 75.0 cm³/mol. The zero-order chi connectivity index (χ0) is 15.6. The Kier molecular flexibility index (Phi) is 4.13. The summed E-state index contributed by atoms with van der Waals surface area (Å²) in [5.41, 5.74) is -0.123. The summed E-state index contributed by atoms with van der Waals surface area (Å²) >= 11 is 5.64. The largest absolute Gasteiger partial charge is 0.322 e. The second-order valence-electron chi connectivity index (χ2n) is 4.20. The maximum Gasteiger partial charge on any atom is 0.300 e. The van der Waals surface area contributed by atoms with Gasteiger partial charge in [-0.05, 0) is 30.7 Å². The lowest BCUT2D eigenvalue weighted by atomic mass is 10.2. The Labute approximate surface area is 123 Å². The Hall–Kier alpha value is -2.54. The van der Waals surface area contributed by atoms with Crippen LogP contribution in [0.1, 0.15) is 15.9 Å². The van der Waals surface area contributed by atoms with Gasteiger partial charge < -0.3 is 5.32 Å². The number of carbonyl (C=O) groups is 1. The summed E-state index contributed by atoms with van der Waals surface area (Å²) in [6.07, 6.45) is 0.896. The summed E-state index contributed by atoms with van der Waals surface area (Å²) in [6.45, 7) is 1.58. The van der Waals surface area contributed by atoms with E-state index in [0.717, 1.165) is 18.3 Å². The number of pyridine rings is 1. The van der Waals surface area contributed by atoms with Gasteiger partial charge in [-0.3, -0.25) is 14.9 Å². The van der Waals surface area contributed by atoms with Crippen LogP contribution >= 0.6 is 11.6 Å². The van der Waals surface area contributed by atoms with Gasteiger partial charge in [0.05, 0.1) is 4.92 Å². The molecule has 0 aliphatic carbocycles. The Bertz CT molecular complexity index is 737. The molecule has 0 saturated carbocycles. The number of nitrogens with zero attached hydrogens (tertiary/aromatic N) is 2. The lowest BCUT2D eigenvalue weighted by Crippen LogP contribution is -2.14. The Morgan fingerprint density at radius 2 is 2.14 bits per heavy atom. The van der Waals surface area contributed by atoms with Crippen LogP contribution in [0.2, 0.25) is 5.15 Å². The van der Waals surface area contributed by atoms with Crippen molar-refractivity contribution in [2.24, 2.45) is 0 Å². The molecule has 0 radical (unpaired) electrons. The lowest BCUT2D eigenvalue weighted by Gasteiger charge is -2.07. The van der Waals surface area contributed by atoms with Crippen LogP contribution in [0.5, 0.6) is 0 Å². The molecule has 0 unspecified atom stereocenters. The number of aryl methyl sites for hydroxylation is 1. The zero-order valence-electron chi connectivity index (χ0n) is 10.8. The van der Waals surface area contributed by atoms with Crippen molar-refractivity contribution in [2.45, 2.75) is 6.92 Å². The molecule has 0 aliphatic rings. The SMILES string of the molecule is Cc1ccc(NC(=O)c2cc(Cl)ncc2[N+](=O)[O-])cc1F.